The van der Waals surface area contributed by atoms with E-state index in [1.807, 2.05) is 24.3 Å². The summed E-state index contributed by atoms with van der Waals surface area (Å²) in [5, 5.41) is 6.72. The average Bonchev–Trinajstić information content (AvgIpc) is 2.82. The van der Waals surface area contributed by atoms with Gasteiger partial charge in [0, 0.05) is 26.7 Å². The molecule has 4 N–H and O–H groups in total. The summed E-state index contributed by atoms with van der Waals surface area (Å²) in [4.78, 5) is 17.6. The van der Waals surface area contributed by atoms with Gasteiger partial charge in [-0.05, 0) is 61.2 Å². The van der Waals surface area contributed by atoms with Gasteiger partial charge in [-0.1, -0.05) is 42.8 Å². The molecule has 1 heterocycles. The lowest BCUT2D eigenvalue weighted by molar-refractivity contribution is -0.119. The summed E-state index contributed by atoms with van der Waals surface area (Å²) in [6, 6.07) is 16.5. The zero-order valence-electron chi connectivity index (χ0n) is 19.4. The molecule has 1 saturated heterocycles. The van der Waals surface area contributed by atoms with Crippen LogP contribution < -0.4 is 21.1 Å². The minimum Gasteiger partial charge on any atom is -0.484 e. The van der Waals surface area contributed by atoms with Crippen LogP contribution >= 0.6 is 24.0 Å². The first-order valence-corrected chi connectivity index (χ1v) is 11.4. The third kappa shape index (κ3) is 10.00. The van der Waals surface area contributed by atoms with Crippen LogP contribution in [-0.2, 0) is 24.3 Å². The second-order valence-electron chi connectivity index (χ2n) is 8.15. The van der Waals surface area contributed by atoms with Gasteiger partial charge in [-0.3, -0.25) is 14.7 Å². The highest BCUT2D eigenvalue weighted by Crippen LogP contribution is 2.14. The third-order valence-electron chi connectivity index (χ3n) is 5.57. The van der Waals surface area contributed by atoms with Crippen LogP contribution in [0.15, 0.2) is 53.5 Å². The van der Waals surface area contributed by atoms with Crippen molar-refractivity contribution in [1.29, 1.82) is 0 Å². The van der Waals surface area contributed by atoms with Gasteiger partial charge in [0.2, 0.25) is 0 Å². The number of carbonyl (C=O) groups excluding carboxylic acids is 1. The van der Waals surface area contributed by atoms with Crippen LogP contribution in [0.5, 0.6) is 5.75 Å². The standard InChI is InChI=1S/C25H35N5O2.HI/c1-27-25(28-14-13-20-9-11-23(12-10-20)32-19-24(26)31)29-17-21-5-7-22(8-6-21)18-30-15-3-2-4-16-30;/h5-12H,2-4,13-19H2,1H3,(H2,26,31)(H2,27,28,29);1H. The van der Waals surface area contributed by atoms with Gasteiger partial charge < -0.3 is 21.1 Å². The van der Waals surface area contributed by atoms with E-state index in [2.05, 4.69) is 44.8 Å². The largest absolute Gasteiger partial charge is 0.484 e. The Labute approximate surface area is 214 Å². The second-order valence-corrected chi connectivity index (χ2v) is 8.15. The normalized spacial score (nSPS) is 14.3. The summed E-state index contributed by atoms with van der Waals surface area (Å²) in [7, 11) is 1.78. The quantitative estimate of drug-likeness (QED) is 0.234. The number of halogens is 1. The number of guanidine groups is 1. The molecule has 2 aromatic rings. The summed E-state index contributed by atoms with van der Waals surface area (Å²) in [5.41, 5.74) is 8.88. The van der Waals surface area contributed by atoms with Crippen LogP contribution in [0.3, 0.4) is 0 Å². The second kappa shape index (κ2) is 14.7. The summed E-state index contributed by atoms with van der Waals surface area (Å²) in [6.45, 7) is 4.88. The zero-order valence-corrected chi connectivity index (χ0v) is 21.7. The number of nitrogens with zero attached hydrogens (tertiary/aromatic N) is 2. The van der Waals surface area contributed by atoms with Crippen molar-refractivity contribution >= 4 is 35.8 Å². The molecule has 7 nitrogen and oxygen atoms in total. The Morgan fingerprint density at radius 3 is 2.24 bits per heavy atom. The van der Waals surface area contributed by atoms with Crippen molar-refractivity contribution in [2.75, 3.05) is 33.3 Å². The molecule has 0 atom stereocenters. The van der Waals surface area contributed by atoms with E-state index < -0.39 is 5.91 Å². The zero-order chi connectivity index (χ0) is 22.6. The molecule has 33 heavy (non-hydrogen) atoms. The minimum absolute atomic E-state index is 0. The number of nitrogens with two attached hydrogens (primary N) is 1. The lowest BCUT2D eigenvalue weighted by atomic mass is 10.1. The number of primary amides is 1. The molecule has 1 fully saturated rings. The van der Waals surface area contributed by atoms with Gasteiger partial charge in [0.05, 0.1) is 0 Å². The molecule has 0 saturated carbocycles. The van der Waals surface area contributed by atoms with E-state index in [0.29, 0.717) is 5.75 Å². The number of carbonyl (C=O) groups is 1. The SMILES string of the molecule is CN=C(NCCc1ccc(OCC(N)=O)cc1)NCc1ccc(CN2CCCCC2)cc1.I. The molecule has 0 aromatic heterocycles. The number of rotatable bonds is 10. The van der Waals surface area contributed by atoms with E-state index in [-0.39, 0.29) is 30.6 Å². The highest BCUT2D eigenvalue weighted by Gasteiger charge is 2.10. The molecule has 0 unspecified atom stereocenters. The maximum atomic E-state index is 10.8. The van der Waals surface area contributed by atoms with Crippen molar-refractivity contribution in [3.8, 4) is 5.75 Å². The molecule has 3 rings (SSSR count). The number of likely N-dealkylation sites (tertiary alicyclic amines) is 1. The Morgan fingerprint density at radius 2 is 1.61 bits per heavy atom. The van der Waals surface area contributed by atoms with Gasteiger partial charge in [0.1, 0.15) is 5.75 Å². The van der Waals surface area contributed by atoms with E-state index in [4.69, 9.17) is 10.5 Å². The van der Waals surface area contributed by atoms with Crippen molar-refractivity contribution < 1.29 is 9.53 Å². The number of hydrogen-bond acceptors (Lipinski definition) is 4. The van der Waals surface area contributed by atoms with Gasteiger partial charge in [-0.2, -0.15) is 0 Å². The van der Waals surface area contributed by atoms with Crippen molar-refractivity contribution in [3.05, 3.63) is 65.2 Å². The fourth-order valence-electron chi connectivity index (χ4n) is 3.78. The van der Waals surface area contributed by atoms with Gasteiger partial charge in [0.25, 0.3) is 5.91 Å². The lowest BCUT2D eigenvalue weighted by Crippen LogP contribution is -2.37. The highest BCUT2D eigenvalue weighted by atomic mass is 127. The monoisotopic (exact) mass is 565 g/mol. The Kier molecular flexibility index (Phi) is 12.0. The van der Waals surface area contributed by atoms with Crippen LogP contribution in [0.25, 0.3) is 0 Å². The van der Waals surface area contributed by atoms with Crippen molar-refractivity contribution in [2.45, 2.75) is 38.8 Å². The Bertz CT molecular complexity index is 865. The van der Waals surface area contributed by atoms with Crippen molar-refractivity contribution in [1.82, 2.24) is 15.5 Å². The van der Waals surface area contributed by atoms with Crippen LogP contribution in [0.4, 0.5) is 0 Å². The summed E-state index contributed by atoms with van der Waals surface area (Å²) < 4.78 is 5.28. The molecule has 8 heteroatoms. The number of amides is 1. The first-order valence-electron chi connectivity index (χ1n) is 11.4. The van der Waals surface area contributed by atoms with Gasteiger partial charge in [-0.25, -0.2) is 0 Å². The Balaban J connectivity index is 0.00000385. The van der Waals surface area contributed by atoms with Crippen molar-refractivity contribution in [3.63, 3.8) is 0 Å². The molecule has 0 radical (unpaired) electrons. The third-order valence-corrected chi connectivity index (χ3v) is 5.57. The van der Waals surface area contributed by atoms with E-state index in [1.54, 1.807) is 7.05 Å². The molecule has 0 aliphatic carbocycles. The van der Waals surface area contributed by atoms with E-state index in [0.717, 1.165) is 32.0 Å². The predicted octanol–water partition coefficient (Wildman–Crippen LogP) is 3.06. The lowest BCUT2D eigenvalue weighted by Gasteiger charge is -2.26. The van der Waals surface area contributed by atoms with E-state index in [1.165, 1.54) is 49.0 Å². The molecule has 180 valence electrons. The molecule has 0 spiro atoms. The summed E-state index contributed by atoms with van der Waals surface area (Å²) in [6.07, 6.45) is 4.87. The average molecular weight is 566 g/mol. The predicted molar refractivity (Wildman–Crippen MR) is 144 cm³/mol. The first kappa shape index (κ1) is 26.9. The van der Waals surface area contributed by atoms with E-state index >= 15 is 0 Å². The summed E-state index contributed by atoms with van der Waals surface area (Å²) in [5.74, 6) is 0.939. The topological polar surface area (TPSA) is 92.0 Å². The van der Waals surface area contributed by atoms with Crippen LogP contribution in [0.2, 0.25) is 0 Å². The summed E-state index contributed by atoms with van der Waals surface area (Å²) >= 11 is 0. The maximum absolute atomic E-state index is 10.8. The van der Waals surface area contributed by atoms with Gasteiger partial charge in [-0.15, -0.1) is 24.0 Å². The fraction of sp³-hybridized carbons (Fsp3) is 0.440. The van der Waals surface area contributed by atoms with Crippen LogP contribution in [-0.4, -0.2) is 50.1 Å². The van der Waals surface area contributed by atoms with Crippen LogP contribution in [0, 0.1) is 0 Å². The smallest absolute Gasteiger partial charge is 0.255 e. The number of benzene rings is 2. The molecule has 0 bridgehead atoms. The fourth-order valence-corrected chi connectivity index (χ4v) is 3.78. The Morgan fingerprint density at radius 1 is 0.970 bits per heavy atom. The van der Waals surface area contributed by atoms with Gasteiger partial charge >= 0.3 is 0 Å². The number of aliphatic imine (C=N–C) groups is 1. The Hall–Kier alpha value is -2.33. The van der Waals surface area contributed by atoms with Crippen LogP contribution in [0.1, 0.15) is 36.0 Å². The van der Waals surface area contributed by atoms with Crippen molar-refractivity contribution in [2.24, 2.45) is 10.7 Å². The molecular formula is C25H36IN5O2. The van der Waals surface area contributed by atoms with Gasteiger partial charge in [0.15, 0.2) is 12.6 Å². The number of piperidine rings is 1. The highest BCUT2D eigenvalue weighted by molar-refractivity contribution is 14.0. The molecule has 1 aliphatic heterocycles. The number of ether oxygens (including phenoxy) is 1. The molecule has 1 amide bonds. The first-order chi connectivity index (χ1) is 15.6. The number of nitrogens with one attached hydrogen (secondary N) is 2. The molecule has 2 aromatic carbocycles. The molecular weight excluding hydrogens is 529 g/mol. The van der Waals surface area contributed by atoms with E-state index in [9.17, 15) is 4.79 Å². The number of hydrogen-bond donors (Lipinski definition) is 3. The minimum atomic E-state index is -0.481. The molecule has 1 aliphatic rings. The maximum Gasteiger partial charge on any atom is 0.255 e.